The lowest BCUT2D eigenvalue weighted by Crippen LogP contribution is -2.14. The maximum Gasteiger partial charge on any atom is 0.156 e. The molecular formula is C12H21BrN2O2. The minimum absolute atomic E-state index is 0.0999. The van der Waals surface area contributed by atoms with Crippen LogP contribution in [0.15, 0.2) is 12.4 Å². The van der Waals surface area contributed by atoms with Crippen LogP contribution in [0.2, 0.25) is 0 Å². The summed E-state index contributed by atoms with van der Waals surface area (Å²) in [6.45, 7) is 3.09. The predicted octanol–water partition coefficient (Wildman–Crippen LogP) is 2.61. The number of nitrogens with zero attached hydrogens (tertiary/aromatic N) is 2. The van der Waals surface area contributed by atoms with Crippen molar-refractivity contribution in [1.82, 2.24) is 9.55 Å². The van der Waals surface area contributed by atoms with Crippen LogP contribution in [0.1, 0.15) is 25.6 Å². The molecule has 0 radical (unpaired) electrons. The molecule has 1 atom stereocenters. The molecule has 0 fully saturated rings. The number of rotatable bonds is 8. The van der Waals surface area contributed by atoms with Crippen molar-refractivity contribution in [3.8, 4) is 0 Å². The summed E-state index contributed by atoms with van der Waals surface area (Å²) in [5, 5.41) is 0. The molecule has 4 nitrogen and oxygen atoms in total. The van der Waals surface area contributed by atoms with Crippen molar-refractivity contribution in [2.24, 2.45) is 0 Å². The van der Waals surface area contributed by atoms with Crippen LogP contribution in [0.5, 0.6) is 0 Å². The summed E-state index contributed by atoms with van der Waals surface area (Å²) < 4.78 is 12.5. The Morgan fingerprint density at radius 2 is 2.12 bits per heavy atom. The van der Waals surface area contributed by atoms with Crippen molar-refractivity contribution >= 4 is 15.9 Å². The number of aromatic nitrogens is 2. The smallest absolute Gasteiger partial charge is 0.156 e. The molecule has 5 heteroatoms. The van der Waals surface area contributed by atoms with E-state index in [0.717, 1.165) is 31.6 Å². The third-order valence-corrected chi connectivity index (χ3v) is 2.95. The van der Waals surface area contributed by atoms with Gasteiger partial charge in [0.2, 0.25) is 0 Å². The molecule has 0 amide bonds. The molecule has 1 heterocycles. The Balaban J connectivity index is 2.38. The van der Waals surface area contributed by atoms with E-state index in [1.807, 2.05) is 12.4 Å². The number of imidazole rings is 1. The molecule has 17 heavy (non-hydrogen) atoms. The van der Waals surface area contributed by atoms with Crippen molar-refractivity contribution in [2.75, 3.05) is 14.2 Å². The van der Waals surface area contributed by atoms with Gasteiger partial charge in [-0.3, -0.25) is 0 Å². The van der Waals surface area contributed by atoms with E-state index in [2.05, 4.69) is 32.4 Å². The summed E-state index contributed by atoms with van der Waals surface area (Å²) in [5.74, 6) is 1.13. The number of aryl methyl sites for hydroxylation is 1. The number of methoxy groups -OCH3 is 2. The quantitative estimate of drug-likeness (QED) is 0.547. The van der Waals surface area contributed by atoms with Gasteiger partial charge in [-0.25, -0.2) is 4.98 Å². The van der Waals surface area contributed by atoms with E-state index in [1.54, 1.807) is 14.2 Å². The number of alkyl halides is 1. The standard InChI is InChI=1S/C12H21BrN2O2/c1-10(13)9-11-14-6-8-15(11)7-4-5-12(16-2)17-3/h6,8,10,12H,4-5,7,9H2,1-3H3. The lowest BCUT2D eigenvalue weighted by molar-refractivity contribution is -0.107. The highest BCUT2D eigenvalue weighted by Crippen LogP contribution is 2.10. The minimum atomic E-state index is -0.0999. The van der Waals surface area contributed by atoms with Gasteiger partial charge in [0.15, 0.2) is 6.29 Å². The van der Waals surface area contributed by atoms with E-state index >= 15 is 0 Å². The highest BCUT2D eigenvalue weighted by Gasteiger charge is 2.08. The van der Waals surface area contributed by atoms with E-state index in [1.165, 1.54) is 0 Å². The minimum Gasteiger partial charge on any atom is -0.356 e. The molecule has 98 valence electrons. The largest absolute Gasteiger partial charge is 0.356 e. The zero-order chi connectivity index (χ0) is 12.7. The Morgan fingerprint density at radius 1 is 1.41 bits per heavy atom. The normalized spacial score (nSPS) is 13.2. The molecule has 1 aromatic heterocycles. The van der Waals surface area contributed by atoms with Crippen molar-refractivity contribution in [2.45, 2.75) is 43.8 Å². The second kappa shape index (κ2) is 7.84. The first-order valence-corrected chi connectivity index (χ1v) is 6.78. The lowest BCUT2D eigenvalue weighted by atomic mass is 10.3. The van der Waals surface area contributed by atoms with Crippen molar-refractivity contribution in [1.29, 1.82) is 0 Å². The van der Waals surface area contributed by atoms with Crippen LogP contribution in [-0.4, -0.2) is 34.9 Å². The lowest BCUT2D eigenvalue weighted by Gasteiger charge is -2.14. The second-order valence-electron chi connectivity index (χ2n) is 4.06. The summed E-state index contributed by atoms with van der Waals surface area (Å²) in [6.07, 6.45) is 6.65. The maximum atomic E-state index is 5.16. The fourth-order valence-electron chi connectivity index (χ4n) is 1.75. The van der Waals surface area contributed by atoms with Gasteiger partial charge in [-0.2, -0.15) is 0 Å². The average Bonchev–Trinajstić information content (AvgIpc) is 2.71. The number of halogens is 1. The third kappa shape index (κ3) is 5.19. The van der Waals surface area contributed by atoms with Crippen LogP contribution < -0.4 is 0 Å². The Hall–Kier alpha value is -0.390. The van der Waals surface area contributed by atoms with E-state index in [-0.39, 0.29) is 6.29 Å². The molecule has 1 aromatic rings. The fraction of sp³-hybridized carbons (Fsp3) is 0.750. The Morgan fingerprint density at radius 3 is 2.71 bits per heavy atom. The summed E-state index contributed by atoms with van der Waals surface area (Å²) in [6, 6.07) is 0. The summed E-state index contributed by atoms with van der Waals surface area (Å²) in [7, 11) is 3.34. The van der Waals surface area contributed by atoms with Crippen LogP contribution in [0, 0.1) is 0 Å². The molecule has 1 unspecified atom stereocenters. The molecule has 0 spiro atoms. The molecule has 0 aliphatic carbocycles. The number of hydrogen-bond acceptors (Lipinski definition) is 3. The monoisotopic (exact) mass is 304 g/mol. The van der Waals surface area contributed by atoms with Crippen molar-refractivity contribution < 1.29 is 9.47 Å². The highest BCUT2D eigenvalue weighted by molar-refractivity contribution is 9.09. The van der Waals surface area contributed by atoms with Gasteiger partial charge in [0.05, 0.1) is 0 Å². The Bertz CT molecular complexity index is 311. The summed E-state index contributed by atoms with van der Waals surface area (Å²) in [4.78, 5) is 4.82. The number of ether oxygens (including phenoxy) is 2. The molecule has 0 aromatic carbocycles. The molecule has 1 rings (SSSR count). The average molecular weight is 305 g/mol. The molecule has 0 aliphatic heterocycles. The van der Waals surface area contributed by atoms with Gasteiger partial charge in [0, 0.05) is 50.8 Å². The topological polar surface area (TPSA) is 36.3 Å². The molecule has 0 saturated carbocycles. The Kier molecular flexibility index (Phi) is 6.77. The van der Waals surface area contributed by atoms with E-state index in [0.29, 0.717) is 4.83 Å². The number of hydrogen-bond donors (Lipinski definition) is 0. The molecule has 0 N–H and O–H groups in total. The molecule has 0 aliphatic rings. The third-order valence-electron chi connectivity index (χ3n) is 2.63. The van der Waals surface area contributed by atoms with Crippen LogP contribution >= 0.6 is 15.9 Å². The zero-order valence-electron chi connectivity index (χ0n) is 10.7. The van der Waals surface area contributed by atoms with Gasteiger partial charge in [-0.05, 0) is 6.42 Å². The van der Waals surface area contributed by atoms with Crippen LogP contribution in [0.4, 0.5) is 0 Å². The molecule has 0 saturated heterocycles. The second-order valence-corrected chi connectivity index (χ2v) is 5.63. The van der Waals surface area contributed by atoms with E-state index < -0.39 is 0 Å². The van der Waals surface area contributed by atoms with E-state index in [9.17, 15) is 0 Å². The van der Waals surface area contributed by atoms with Crippen LogP contribution in [-0.2, 0) is 22.4 Å². The van der Waals surface area contributed by atoms with E-state index in [4.69, 9.17) is 9.47 Å². The highest BCUT2D eigenvalue weighted by atomic mass is 79.9. The Labute approximate surface area is 111 Å². The zero-order valence-corrected chi connectivity index (χ0v) is 12.3. The first kappa shape index (κ1) is 14.7. The van der Waals surface area contributed by atoms with Gasteiger partial charge >= 0.3 is 0 Å². The van der Waals surface area contributed by atoms with Crippen LogP contribution in [0.25, 0.3) is 0 Å². The van der Waals surface area contributed by atoms with Gasteiger partial charge in [0.1, 0.15) is 5.82 Å². The molecule has 0 bridgehead atoms. The van der Waals surface area contributed by atoms with Gasteiger partial charge < -0.3 is 14.0 Å². The van der Waals surface area contributed by atoms with Crippen molar-refractivity contribution in [3.63, 3.8) is 0 Å². The predicted molar refractivity (Wildman–Crippen MR) is 71.4 cm³/mol. The first-order valence-electron chi connectivity index (χ1n) is 5.87. The first-order chi connectivity index (χ1) is 8.17. The fourth-order valence-corrected chi connectivity index (χ4v) is 2.03. The SMILES string of the molecule is COC(CCCn1ccnc1CC(C)Br)OC. The van der Waals surface area contributed by atoms with Gasteiger partial charge in [0.25, 0.3) is 0 Å². The summed E-state index contributed by atoms with van der Waals surface area (Å²) in [5.41, 5.74) is 0. The maximum absolute atomic E-state index is 5.16. The van der Waals surface area contributed by atoms with Gasteiger partial charge in [-0.15, -0.1) is 0 Å². The van der Waals surface area contributed by atoms with Gasteiger partial charge in [-0.1, -0.05) is 22.9 Å². The van der Waals surface area contributed by atoms with Crippen molar-refractivity contribution in [3.05, 3.63) is 18.2 Å². The summed E-state index contributed by atoms with van der Waals surface area (Å²) >= 11 is 3.55. The van der Waals surface area contributed by atoms with Crippen LogP contribution in [0.3, 0.4) is 0 Å². The molecular weight excluding hydrogens is 284 g/mol.